The Hall–Kier alpha value is -3.78. The van der Waals surface area contributed by atoms with Gasteiger partial charge in [0, 0.05) is 25.5 Å². The maximum Gasteiger partial charge on any atom is 0.295 e. The largest absolute Gasteiger partial charge is 0.507 e. The van der Waals surface area contributed by atoms with Gasteiger partial charge in [-0.25, -0.2) is 4.68 Å². The van der Waals surface area contributed by atoms with Crippen molar-refractivity contribution in [3.63, 3.8) is 0 Å². The van der Waals surface area contributed by atoms with Gasteiger partial charge in [0.2, 0.25) is 0 Å². The number of hydrogen-bond acceptors (Lipinski definition) is 6. The number of nitrogens with zero attached hydrogens (tertiary/aromatic N) is 5. The Kier molecular flexibility index (Phi) is 5.87. The number of carbonyl (C=O) groups is 2. The van der Waals surface area contributed by atoms with E-state index in [1.54, 1.807) is 29.2 Å². The maximum atomic E-state index is 13.1. The van der Waals surface area contributed by atoms with Crippen LogP contribution >= 0.6 is 0 Å². The van der Waals surface area contributed by atoms with E-state index in [9.17, 15) is 14.7 Å². The molecule has 1 atom stereocenters. The van der Waals surface area contributed by atoms with Crippen LogP contribution in [-0.2, 0) is 9.59 Å². The highest BCUT2D eigenvalue weighted by Gasteiger charge is 2.46. The second-order valence-corrected chi connectivity index (χ2v) is 7.97. The number of likely N-dealkylation sites (N-methyl/N-ethyl adjacent to an activating group) is 1. The summed E-state index contributed by atoms with van der Waals surface area (Å²) in [4.78, 5) is 33.6. The van der Waals surface area contributed by atoms with E-state index in [0.29, 0.717) is 29.9 Å². The summed E-state index contributed by atoms with van der Waals surface area (Å²) in [5, 5.41) is 15.7. The van der Waals surface area contributed by atoms with Crippen LogP contribution in [0.25, 0.3) is 11.4 Å². The molecule has 8 nitrogen and oxygen atoms in total. The van der Waals surface area contributed by atoms with Crippen LogP contribution in [0.5, 0.6) is 0 Å². The number of benzene rings is 1. The van der Waals surface area contributed by atoms with Gasteiger partial charge >= 0.3 is 0 Å². The van der Waals surface area contributed by atoms with E-state index in [-0.39, 0.29) is 11.3 Å². The van der Waals surface area contributed by atoms with E-state index in [1.807, 2.05) is 56.3 Å². The molecule has 2 aromatic heterocycles. The summed E-state index contributed by atoms with van der Waals surface area (Å²) < 4.78 is 1.69. The van der Waals surface area contributed by atoms with Gasteiger partial charge in [0.15, 0.2) is 0 Å². The number of ketones is 1. The minimum absolute atomic E-state index is 0.0532. The molecule has 1 aliphatic heterocycles. The molecule has 0 spiro atoms. The van der Waals surface area contributed by atoms with Gasteiger partial charge in [-0.05, 0) is 44.8 Å². The summed E-state index contributed by atoms with van der Waals surface area (Å²) in [5.41, 5.74) is 2.63. The molecule has 4 rings (SSSR count). The quantitative estimate of drug-likeness (QED) is 0.366. The first-order valence-electron chi connectivity index (χ1n) is 10.3. The maximum absolute atomic E-state index is 13.1. The highest BCUT2D eigenvalue weighted by atomic mass is 16.3. The molecule has 0 aliphatic carbocycles. The van der Waals surface area contributed by atoms with Crippen LogP contribution in [0.15, 0.2) is 66.6 Å². The fraction of sp³-hybridized carbons (Fsp3) is 0.250. The highest BCUT2D eigenvalue weighted by Crippen LogP contribution is 2.39. The Labute approximate surface area is 186 Å². The zero-order valence-corrected chi connectivity index (χ0v) is 18.3. The molecule has 8 heteroatoms. The third-order valence-corrected chi connectivity index (χ3v) is 5.59. The van der Waals surface area contributed by atoms with Gasteiger partial charge in [-0.3, -0.25) is 14.6 Å². The first-order chi connectivity index (χ1) is 15.4. The smallest absolute Gasteiger partial charge is 0.295 e. The average Bonchev–Trinajstić information content (AvgIpc) is 3.30. The minimum Gasteiger partial charge on any atom is -0.507 e. The molecule has 0 bridgehead atoms. The first kappa shape index (κ1) is 21.5. The Balaban J connectivity index is 1.83. The number of carbonyl (C=O) groups excluding carboxylic acids is 2. The number of hydrogen-bond donors (Lipinski definition) is 1. The zero-order chi connectivity index (χ0) is 22.8. The molecule has 1 unspecified atom stereocenters. The number of likely N-dealkylation sites (tertiary alicyclic amines) is 1. The highest BCUT2D eigenvalue weighted by molar-refractivity contribution is 6.46. The van der Waals surface area contributed by atoms with Gasteiger partial charge in [0.1, 0.15) is 5.76 Å². The van der Waals surface area contributed by atoms with Crippen LogP contribution in [0.2, 0.25) is 0 Å². The van der Waals surface area contributed by atoms with Crippen LogP contribution in [0, 0.1) is 6.92 Å². The molecular weight excluding hydrogens is 406 g/mol. The number of aliphatic hydroxyl groups is 1. The molecule has 1 N–H and O–H groups in total. The lowest BCUT2D eigenvalue weighted by Crippen LogP contribution is -2.35. The summed E-state index contributed by atoms with van der Waals surface area (Å²) >= 11 is 0. The molecule has 0 saturated carbocycles. The van der Waals surface area contributed by atoms with Crippen molar-refractivity contribution in [3.05, 3.63) is 83.4 Å². The van der Waals surface area contributed by atoms with Crippen LogP contribution in [0.1, 0.15) is 22.9 Å². The Morgan fingerprint density at radius 3 is 2.50 bits per heavy atom. The number of aromatic nitrogens is 3. The van der Waals surface area contributed by atoms with Crippen molar-refractivity contribution in [2.75, 3.05) is 27.2 Å². The molecular formula is C24H25N5O3. The van der Waals surface area contributed by atoms with E-state index < -0.39 is 17.7 Å². The predicted octanol–water partition coefficient (Wildman–Crippen LogP) is 2.56. The SMILES string of the molecule is Cc1c(/C(O)=C2/C(=O)C(=O)N(CCN(C)C)C2c2cccnc2)cnn1-c1ccccc1. The van der Waals surface area contributed by atoms with Crippen molar-refractivity contribution in [1.29, 1.82) is 0 Å². The fourth-order valence-corrected chi connectivity index (χ4v) is 3.92. The van der Waals surface area contributed by atoms with E-state index in [4.69, 9.17) is 0 Å². The minimum atomic E-state index is -0.719. The number of pyridine rings is 1. The number of aliphatic hydroxyl groups excluding tert-OH is 1. The Bertz CT molecular complexity index is 1170. The van der Waals surface area contributed by atoms with Crippen molar-refractivity contribution in [2.45, 2.75) is 13.0 Å². The standard InChI is InChI=1S/C24H25N5O3/c1-16-19(15-26-29(16)18-9-5-4-6-10-18)22(30)20-21(17-8-7-11-25-14-17)28(13-12-27(2)3)24(32)23(20)31/h4-11,14-15,21,30H,12-13H2,1-3H3/b22-20-. The lowest BCUT2D eigenvalue weighted by molar-refractivity contribution is -0.140. The van der Waals surface area contributed by atoms with Gasteiger partial charge < -0.3 is 14.9 Å². The van der Waals surface area contributed by atoms with Gasteiger partial charge in [-0.1, -0.05) is 24.3 Å². The molecule has 1 amide bonds. The zero-order valence-electron chi connectivity index (χ0n) is 18.3. The summed E-state index contributed by atoms with van der Waals surface area (Å²) in [5.74, 6) is -1.57. The van der Waals surface area contributed by atoms with Crippen molar-refractivity contribution >= 4 is 17.4 Å². The summed E-state index contributed by atoms with van der Waals surface area (Å²) in [6.45, 7) is 2.74. The lowest BCUT2D eigenvalue weighted by Gasteiger charge is -2.26. The molecule has 1 fully saturated rings. The Morgan fingerprint density at radius 2 is 1.84 bits per heavy atom. The van der Waals surface area contributed by atoms with Crippen molar-refractivity contribution in [1.82, 2.24) is 24.6 Å². The molecule has 1 saturated heterocycles. The molecule has 3 aromatic rings. The third-order valence-electron chi connectivity index (χ3n) is 5.59. The van der Waals surface area contributed by atoms with Crippen LogP contribution in [-0.4, -0.2) is 68.5 Å². The first-order valence-corrected chi connectivity index (χ1v) is 10.3. The monoisotopic (exact) mass is 431 g/mol. The van der Waals surface area contributed by atoms with E-state index in [1.165, 1.54) is 11.1 Å². The normalized spacial score (nSPS) is 18.0. The summed E-state index contributed by atoms with van der Waals surface area (Å²) in [6, 6.07) is 12.3. The van der Waals surface area contributed by atoms with Crippen molar-refractivity contribution < 1.29 is 14.7 Å². The number of Topliss-reactive ketones (excluding diaryl/α,β-unsaturated/α-hetero) is 1. The number of amides is 1. The van der Waals surface area contributed by atoms with E-state index in [2.05, 4.69) is 10.1 Å². The predicted molar refractivity (Wildman–Crippen MR) is 120 cm³/mol. The fourth-order valence-electron chi connectivity index (χ4n) is 3.92. The third kappa shape index (κ3) is 3.80. The van der Waals surface area contributed by atoms with E-state index >= 15 is 0 Å². The van der Waals surface area contributed by atoms with E-state index in [0.717, 1.165) is 5.69 Å². The molecule has 164 valence electrons. The molecule has 0 radical (unpaired) electrons. The average molecular weight is 431 g/mol. The van der Waals surface area contributed by atoms with Gasteiger partial charge in [0.25, 0.3) is 11.7 Å². The van der Waals surface area contributed by atoms with Crippen molar-refractivity contribution in [3.8, 4) is 5.69 Å². The van der Waals surface area contributed by atoms with Gasteiger partial charge in [-0.2, -0.15) is 5.10 Å². The number of para-hydroxylation sites is 1. The van der Waals surface area contributed by atoms with Crippen LogP contribution in [0.3, 0.4) is 0 Å². The molecule has 1 aromatic carbocycles. The topological polar surface area (TPSA) is 91.6 Å². The molecule has 1 aliphatic rings. The van der Waals surface area contributed by atoms with Gasteiger partial charge in [0.05, 0.1) is 34.8 Å². The van der Waals surface area contributed by atoms with Crippen LogP contribution in [0.4, 0.5) is 0 Å². The summed E-state index contributed by atoms with van der Waals surface area (Å²) in [6.07, 6.45) is 4.77. The molecule has 3 heterocycles. The second kappa shape index (κ2) is 8.76. The number of rotatable bonds is 6. The lowest BCUT2D eigenvalue weighted by atomic mass is 9.96. The molecule has 32 heavy (non-hydrogen) atoms. The van der Waals surface area contributed by atoms with Crippen molar-refractivity contribution in [2.24, 2.45) is 0 Å². The van der Waals surface area contributed by atoms with Gasteiger partial charge in [-0.15, -0.1) is 0 Å². The second-order valence-electron chi connectivity index (χ2n) is 7.97. The Morgan fingerprint density at radius 1 is 1.09 bits per heavy atom. The van der Waals surface area contributed by atoms with Crippen LogP contribution < -0.4 is 0 Å². The summed E-state index contributed by atoms with van der Waals surface area (Å²) in [7, 11) is 3.80.